The van der Waals surface area contributed by atoms with E-state index in [1.54, 1.807) is 11.8 Å². The molecule has 0 bridgehead atoms. The minimum atomic E-state index is -0.257. The first-order valence-corrected chi connectivity index (χ1v) is 7.20. The highest BCUT2D eigenvalue weighted by molar-refractivity contribution is 8.00. The number of hydrogen-bond donors (Lipinski definition) is 1. The van der Waals surface area contributed by atoms with Gasteiger partial charge in [-0.05, 0) is 25.5 Å². The van der Waals surface area contributed by atoms with E-state index >= 15 is 0 Å². The van der Waals surface area contributed by atoms with Crippen molar-refractivity contribution in [1.82, 2.24) is 0 Å². The molecule has 0 aliphatic rings. The van der Waals surface area contributed by atoms with Crippen LogP contribution in [0.5, 0.6) is 0 Å². The van der Waals surface area contributed by atoms with Crippen molar-refractivity contribution in [2.45, 2.75) is 30.8 Å². The summed E-state index contributed by atoms with van der Waals surface area (Å²) in [5.74, 6) is -0.169. The van der Waals surface area contributed by atoms with Gasteiger partial charge in [-0.15, -0.1) is 11.8 Å². The van der Waals surface area contributed by atoms with Crippen LogP contribution in [0.15, 0.2) is 30.3 Å². The molecule has 0 spiro atoms. The second kappa shape index (κ2) is 8.16. The molecule has 1 rings (SSSR count). The molecule has 0 aliphatic heterocycles. The van der Waals surface area contributed by atoms with Crippen LogP contribution in [0.4, 0.5) is 0 Å². The molecule has 2 N–H and O–H groups in total. The van der Waals surface area contributed by atoms with Crippen LogP contribution in [0.25, 0.3) is 0 Å². The second-order valence-corrected chi connectivity index (χ2v) is 5.62. The van der Waals surface area contributed by atoms with E-state index in [9.17, 15) is 4.79 Å². The third kappa shape index (κ3) is 4.70. The fourth-order valence-corrected chi connectivity index (χ4v) is 2.88. The first-order valence-electron chi connectivity index (χ1n) is 6.26. The smallest absolute Gasteiger partial charge is 0.323 e. The molecule has 0 aliphatic carbocycles. The van der Waals surface area contributed by atoms with Crippen molar-refractivity contribution >= 4 is 17.7 Å². The van der Waals surface area contributed by atoms with E-state index < -0.39 is 0 Å². The molecule has 2 atom stereocenters. The normalized spacial score (nSPS) is 13.9. The molecule has 0 fully saturated rings. The topological polar surface area (TPSA) is 52.3 Å². The van der Waals surface area contributed by atoms with Crippen molar-refractivity contribution in [3.63, 3.8) is 0 Å². The zero-order valence-electron chi connectivity index (χ0n) is 11.0. The Morgan fingerprint density at radius 1 is 1.39 bits per heavy atom. The molecule has 4 heteroatoms. The van der Waals surface area contributed by atoms with Gasteiger partial charge < -0.3 is 10.5 Å². The van der Waals surface area contributed by atoms with Crippen LogP contribution >= 0.6 is 11.8 Å². The summed E-state index contributed by atoms with van der Waals surface area (Å²) in [7, 11) is 0. The zero-order valence-corrected chi connectivity index (χ0v) is 11.8. The van der Waals surface area contributed by atoms with E-state index in [1.165, 1.54) is 0 Å². The zero-order chi connectivity index (χ0) is 13.4. The first-order chi connectivity index (χ1) is 8.69. The number of nitrogens with two attached hydrogens (primary N) is 1. The van der Waals surface area contributed by atoms with E-state index in [0.717, 1.165) is 12.0 Å². The van der Waals surface area contributed by atoms with Gasteiger partial charge >= 0.3 is 5.97 Å². The second-order valence-electron chi connectivity index (χ2n) is 4.07. The number of ether oxygens (including phenoxy) is 1. The Morgan fingerprint density at radius 3 is 2.61 bits per heavy atom. The summed E-state index contributed by atoms with van der Waals surface area (Å²) in [5, 5.41) is 0.0808. The third-order valence-corrected chi connectivity index (χ3v) is 3.98. The standard InChI is InChI=1S/C14H21NO2S/c1-3-17-14(16)13(18-11(2)9-10-15)12-7-5-4-6-8-12/h4-8,11,13H,3,9-10,15H2,1-2H3. The van der Waals surface area contributed by atoms with Gasteiger partial charge in [0, 0.05) is 5.25 Å². The molecule has 0 radical (unpaired) electrons. The van der Waals surface area contributed by atoms with Gasteiger partial charge in [-0.2, -0.15) is 0 Å². The molecule has 3 nitrogen and oxygen atoms in total. The maximum Gasteiger partial charge on any atom is 0.323 e. The summed E-state index contributed by atoms with van der Waals surface area (Å²) in [6.07, 6.45) is 0.896. The van der Waals surface area contributed by atoms with Crippen LogP contribution in [0.3, 0.4) is 0 Å². The summed E-state index contributed by atoms with van der Waals surface area (Å²) in [6, 6.07) is 9.75. The van der Waals surface area contributed by atoms with Gasteiger partial charge in [0.05, 0.1) is 6.61 Å². The molecule has 1 aromatic rings. The summed E-state index contributed by atoms with van der Waals surface area (Å²) in [6.45, 7) is 4.97. The van der Waals surface area contributed by atoms with Crippen LogP contribution in [0.1, 0.15) is 31.1 Å². The molecule has 0 saturated carbocycles. The molecule has 100 valence electrons. The average Bonchev–Trinajstić information content (AvgIpc) is 2.37. The summed E-state index contributed by atoms with van der Waals surface area (Å²) < 4.78 is 5.15. The Balaban J connectivity index is 2.78. The monoisotopic (exact) mass is 267 g/mol. The minimum Gasteiger partial charge on any atom is -0.465 e. The highest BCUT2D eigenvalue weighted by atomic mass is 32.2. The van der Waals surface area contributed by atoms with Gasteiger partial charge in [0.25, 0.3) is 0 Å². The summed E-state index contributed by atoms with van der Waals surface area (Å²) in [4.78, 5) is 12.0. The molecule has 18 heavy (non-hydrogen) atoms. The number of hydrogen-bond acceptors (Lipinski definition) is 4. The van der Waals surface area contributed by atoms with Gasteiger partial charge in [-0.1, -0.05) is 37.3 Å². The van der Waals surface area contributed by atoms with Crippen LogP contribution in [-0.2, 0) is 9.53 Å². The van der Waals surface area contributed by atoms with Gasteiger partial charge in [-0.25, -0.2) is 0 Å². The SMILES string of the molecule is CCOC(=O)C(SC(C)CCN)c1ccccc1. The fourth-order valence-electron chi connectivity index (χ4n) is 1.65. The Bertz CT molecular complexity index is 356. The molecule has 1 aromatic carbocycles. The number of carbonyl (C=O) groups is 1. The van der Waals surface area contributed by atoms with Crippen molar-refractivity contribution < 1.29 is 9.53 Å². The van der Waals surface area contributed by atoms with Crippen molar-refractivity contribution in [3.05, 3.63) is 35.9 Å². The Hall–Kier alpha value is -1.00. The number of rotatable bonds is 7. The lowest BCUT2D eigenvalue weighted by Gasteiger charge is -2.19. The van der Waals surface area contributed by atoms with Crippen LogP contribution < -0.4 is 5.73 Å². The lowest BCUT2D eigenvalue weighted by molar-refractivity contribution is -0.142. The molecular weight excluding hydrogens is 246 g/mol. The van der Waals surface area contributed by atoms with Gasteiger partial charge in [-0.3, -0.25) is 4.79 Å². The minimum absolute atomic E-state index is 0.169. The molecule has 0 amide bonds. The van der Waals surface area contributed by atoms with E-state index in [-0.39, 0.29) is 11.2 Å². The van der Waals surface area contributed by atoms with Gasteiger partial charge in [0.2, 0.25) is 0 Å². The number of carbonyl (C=O) groups excluding carboxylic acids is 1. The van der Waals surface area contributed by atoms with Crippen LogP contribution in [-0.4, -0.2) is 24.4 Å². The Kier molecular flexibility index (Phi) is 6.83. The first kappa shape index (κ1) is 15.1. The quantitative estimate of drug-likeness (QED) is 0.772. The van der Waals surface area contributed by atoms with Crippen LogP contribution in [0.2, 0.25) is 0 Å². The van der Waals surface area contributed by atoms with Gasteiger partial charge in [0.1, 0.15) is 5.25 Å². The fraction of sp³-hybridized carbons (Fsp3) is 0.500. The van der Waals surface area contributed by atoms with Gasteiger partial charge in [0.15, 0.2) is 0 Å². The lowest BCUT2D eigenvalue weighted by atomic mass is 10.1. The van der Waals surface area contributed by atoms with E-state index in [1.807, 2.05) is 37.3 Å². The highest BCUT2D eigenvalue weighted by Crippen LogP contribution is 2.34. The van der Waals surface area contributed by atoms with Crippen molar-refractivity contribution in [1.29, 1.82) is 0 Å². The maximum atomic E-state index is 12.0. The van der Waals surface area contributed by atoms with E-state index in [2.05, 4.69) is 6.92 Å². The van der Waals surface area contributed by atoms with E-state index in [4.69, 9.17) is 10.5 Å². The summed E-state index contributed by atoms with van der Waals surface area (Å²) in [5.41, 5.74) is 6.54. The molecule has 2 unspecified atom stereocenters. The van der Waals surface area contributed by atoms with Crippen molar-refractivity contribution in [3.8, 4) is 0 Å². The maximum absolute atomic E-state index is 12.0. The predicted octanol–water partition coefficient (Wildman–Crippen LogP) is 2.76. The van der Waals surface area contributed by atoms with E-state index in [0.29, 0.717) is 18.4 Å². The Morgan fingerprint density at radius 2 is 2.06 bits per heavy atom. The van der Waals surface area contributed by atoms with Crippen LogP contribution in [0, 0.1) is 0 Å². The predicted molar refractivity (Wildman–Crippen MR) is 76.5 cm³/mol. The number of benzene rings is 1. The molecular formula is C14H21NO2S. The Labute approximate surface area is 113 Å². The molecule has 0 heterocycles. The third-order valence-electron chi connectivity index (χ3n) is 2.54. The number of esters is 1. The highest BCUT2D eigenvalue weighted by Gasteiger charge is 2.24. The number of thioether (sulfide) groups is 1. The largest absolute Gasteiger partial charge is 0.465 e. The molecule has 0 saturated heterocycles. The van der Waals surface area contributed by atoms with Crippen molar-refractivity contribution in [2.75, 3.05) is 13.2 Å². The average molecular weight is 267 g/mol. The van der Waals surface area contributed by atoms with Crippen molar-refractivity contribution in [2.24, 2.45) is 5.73 Å². The lowest BCUT2D eigenvalue weighted by Crippen LogP contribution is -2.17. The molecule has 0 aromatic heterocycles. The summed E-state index contributed by atoms with van der Waals surface area (Å²) >= 11 is 1.62.